The van der Waals surface area contributed by atoms with Crippen molar-refractivity contribution < 1.29 is 0 Å². The number of nitrogens with zero attached hydrogens (tertiary/aromatic N) is 2. The van der Waals surface area contributed by atoms with Gasteiger partial charge in [-0.25, -0.2) is 4.99 Å². The quantitative estimate of drug-likeness (QED) is 0.398. The fourth-order valence-corrected chi connectivity index (χ4v) is 0.757. The second-order valence-electron chi connectivity index (χ2n) is 2.13. The van der Waals surface area contributed by atoms with Crippen molar-refractivity contribution in [3.63, 3.8) is 0 Å². The van der Waals surface area contributed by atoms with Gasteiger partial charge >= 0.3 is 0 Å². The highest BCUT2D eigenvalue weighted by molar-refractivity contribution is 6.13. The maximum Gasteiger partial charge on any atom is 0.110 e. The van der Waals surface area contributed by atoms with Gasteiger partial charge in [-0.3, -0.25) is 4.99 Å². The zero-order chi connectivity index (χ0) is 8.10. The zero-order valence-corrected chi connectivity index (χ0v) is 6.49. The van der Waals surface area contributed by atoms with Crippen LogP contribution in [0.3, 0.4) is 0 Å². The van der Waals surface area contributed by atoms with E-state index in [1.165, 1.54) is 6.34 Å². The molecule has 0 aromatic rings. The van der Waals surface area contributed by atoms with Crippen molar-refractivity contribution in [3.8, 4) is 0 Å². The molecule has 0 atom stereocenters. The van der Waals surface area contributed by atoms with E-state index < -0.39 is 0 Å². The highest BCUT2D eigenvalue weighted by atomic mass is 14.8. The van der Waals surface area contributed by atoms with Gasteiger partial charge in [0.2, 0.25) is 0 Å². The van der Waals surface area contributed by atoms with E-state index in [1.54, 1.807) is 7.05 Å². The van der Waals surface area contributed by atoms with Crippen molar-refractivity contribution in [1.82, 2.24) is 0 Å². The third kappa shape index (κ3) is 2.00. The predicted octanol–water partition coefficient (Wildman–Crippen LogP) is 1.77. The average Bonchev–Trinajstić information content (AvgIpc) is 2.03. The van der Waals surface area contributed by atoms with Crippen LogP contribution in [0.25, 0.3) is 0 Å². The van der Waals surface area contributed by atoms with Crippen molar-refractivity contribution in [2.45, 2.75) is 0 Å². The van der Waals surface area contributed by atoms with Crippen LogP contribution in [0.15, 0.2) is 46.4 Å². The molecule has 1 rings (SSSR count). The summed E-state index contributed by atoms with van der Waals surface area (Å²) in [5.74, 6) is 0. The maximum absolute atomic E-state index is 4.07. The molecule has 0 fully saturated rings. The van der Waals surface area contributed by atoms with Gasteiger partial charge in [-0.2, -0.15) is 0 Å². The largest absolute Gasteiger partial charge is 0.277 e. The molecule has 0 heterocycles. The molecule has 0 amide bonds. The predicted molar refractivity (Wildman–Crippen MR) is 49.3 cm³/mol. The van der Waals surface area contributed by atoms with Crippen molar-refractivity contribution in [2.24, 2.45) is 9.98 Å². The van der Waals surface area contributed by atoms with Gasteiger partial charge in [-0.15, -0.1) is 0 Å². The van der Waals surface area contributed by atoms with Crippen LogP contribution in [-0.4, -0.2) is 19.1 Å². The molecular weight excluding hydrogens is 136 g/mol. The van der Waals surface area contributed by atoms with E-state index in [2.05, 4.69) is 16.6 Å². The molecule has 0 aromatic carbocycles. The van der Waals surface area contributed by atoms with E-state index in [0.29, 0.717) is 0 Å². The Bertz CT molecular complexity index is 267. The molecule has 2 nitrogen and oxygen atoms in total. The number of hydrogen-bond acceptors (Lipinski definition) is 1. The van der Waals surface area contributed by atoms with Gasteiger partial charge in [-0.1, -0.05) is 24.8 Å². The summed E-state index contributed by atoms with van der Waals surface area (Å²) in [6.07, 6.45) is 9.21. The average molecular weight is 146 g/mol. The Morgan fingerprint density at radius 2 is 2.09 bits per heavy atom. The third-order valence-electron chi connectivity index (χ3n) is 1.30. The summed E-state index contributed by atoms with van der Waals surface area (Å²) < 4.78 is 0. The van der Waals surface area contributed by atoms with Gasteiger partial charge in [-0.05, 0) is 11.6 Å². The summed E-state index contributed by atoms with van der Waals surface area (Å²) in [5.41, 5.74) is 1.80. The number of rotatable bonds is 1. The molecule has 0 aromatic heterocycles. The Morgan fingerprint density at radius 3 is 2.73 bits per heavy atom. The molecule has 0 aliphatic heterocycles. The van der Waals surface area contributed by atoms with Crippen LogP contribution in [0, 0.1) is 0 Å². The van der Waals surface area contributed by atoms with Crippen LogP contribution in [-0.2, 0) is 0 Å². The van der Waals surface area contributed by atoms with Crippen LogP contribution in [0.1, 0.15) is 0 Å². The Labute approximate surface area is 66.4 Å². The molecule has 11 heavy (non-hydrogen) atoms. The van der Waals surface area contributed by atoms with Gasteiger partial charge in [0.15, 0.2) is 0 Å². The first kappa shape index (κ1) is 7.66. The highest BCUT2D eigenvalue weighted by Crippen LogP contribution is 2.04. The standard InChI is InChI=1S/C9H10N2/c1-8-5-3-4-6-9(8)11-7-10-2/h3-7H,1H2,2H3. The van der Waals surface area contributed by atoms with Crippen LogP contribution in [0.2, 0.25) is 0 Å². The molecule has 0 radical (unpaired) electrons. The summed E-state index contributed by atoms with van der Waals surface area (Å²) in [6, 6.07) is 0. The first-order valence-electron chi connectivity index (χ1n) is 3.37. The molecule has 56 valence electrons. The molecule has 1 aliphatic carbocycles. The van der Waals surface area contributed by atoms with Gasteiger partial charge in [0.1, 0.15) is 6.34 Å². The highest BCUT2D eigenvalue weighted by Gasteiger charge is 1.97. The zero-order valence-electron chi connectivity index (χ0n) is 6.49. The fraction of sp³-hybridized carbons (Fsp3) is 0.111. The summed E-state index contributed by atoms with van der Waals surface area (Å²) in [4.78, 5) is 7.82. The molecule has 0 saturated heterocycles. The Kier molecular flexibility index (Phi) is 2.55. The van der Waals surface area contributed by atoms with Crippen LogP contribution >= 0.6 is 0 Å². The summed E-state index contributed by atoms with van der Waals surface area (Å²) in [6.45, 7) is 3.82. The minimum absolute atomic E-state index is 0.873. The van der Waals surface area contributed by atoms with Crippen molar-refractivity contribution in [3.05, 3.63) is 36.5 Å². The molecule has 0 N–H and O–H groups in total. The van der Waals surface area contributed by atoms with Crippen LogP contribution < -0.4 is 0 Å². The summed E-state index contributed by atoms with van der Waals surface area (Å²) in [7, 11) is 1.69. The maximum atomic E-state index is 4.07. The van der Waals surface area contributed by atoms with Gasteiger partial charge < -0.3 is 0 Å². The van der Waals surface area contributed by atoms with Crippen molar-refractivity contribution >= 4 is 12.1 Å². The normalized spacial score (nSPS) is 20.5. The van der Waals surface area contributed by atoms with Gasteiger partial charge in [0.25, 0.3) is 0 Å². The number of aliphatic imine (C=N–C) groups is 2. The van der Waals surface area contributed by atoms with E-state index >= 15 is 0 Å². The van der Waals surface area contributed by atoms with E-state index in [0.717, 1.165) is 11.3 Å². The van der Waals surface area contributed by atoms with Gasteiger partial charge in [0.05, 0.1) is 5.71 Å². The van der Waals surface area contributed by atoms with Crippen molar-refractivity contribution in [1.29, 1.82) is 0 Å². The SMILES string of the molecule is C=C1C=CC=CC1=NC=NC. The molecule has 0 unspecified atom stereocenters. The van der Waals surface area contributed by atoms with E-state index in [1.807, 2.05) is 24.3 Å². The smallest absolute Gasteiger partial charge is 0.110 e. The lowest BCUT2D eigenvalue weighted by atomic mass is 10.1. The fourth-order valence-electron chi connectivity index (χ4n) is 0.757. The van der Waals surface area contributed by atoms with Gasteiger partial charge in [0, 0.05) is 7.05 Å². The second kappa shape index (κ2) is 3.66. The summed E-state index contributed by atoms with van der Waals surface area (Å²) in [5, 5.41) is 0. The molecule has 0 bridgehead atoms. The molecule has 0 spiro atoms. The number of hydrogen-bond donors (Lipinski definition) is 0. The lowest BCUT2D eigenvalue weighted by Crippen LogP contribution is -1.98. The minimum atomic E-state index is 0.873. The molecule has 1 aliphatic rings. The van der Waals surface area contributed by atoms with E-state index in [9.17, 15) is 0 Å². The summed E-state index contributed by atoms with van der Waals surface area (Å²) >= 11 is 0. The first-order chi connectivity index (χ1) is 5.34. The molecule has 0 saturated carbocycles. The van der Waals surface area contributed by atoms with Crippen molar-refractivity contribution in [2.75, 3.05) is 7.05 Å². The number of allylic oxidation sites excluding steroid dienone is 5. The third-order valence-corrected chi connectivity index (χ3v) is 1.30. The minimum Gasteiger partial charge on any atom is -0.277 e. The van der Waals surface area contributed by atoms with Crippen LogP contribution in [0.4, 0.5) is 0 Å². The Balaban J connectivity index is 2.81. The molecule has 2 heteroatoms. The Hall–Kier alpha value is -1.44. The molecular formula is C9H10N2. The first-order valence-corrected chi connectivity index (χ1v) is 3.37. The second-order valence-corrected chi connectivity index (χ2v) is 2.13. The topological polar surface area (TPSA) is 24.7 Å². The lowest BCUT2D eigenvalue weighted by Gasteiger charge is -2.01. The van der Waals surface area contributed by atoms with E-state index in [-0.39, 0.29) is 0 Å². The monoisotopic (exact) mass is 146 g/mol. The van der Waals surface area contributed by atoms with Crippen LogP contribution in [0.5, 0.6) is 0 Å². The Morgan fingerprint density at radius 1 is 1.36 bits per heavy atom. The lowest BCUT2D eigenvalue weighted by molar-refractivity contribution is 1.44. The van der Waals surface area contributed by atoms with E-state index in [4.69, 9.17) is 0 Å².